The Morgan fingerprint density at radius 3 is 2.71 bits per heavy atom. The zero-order chi connectivity index (χ0) is 21.8. The molecule has 9 heteroatoms. The Morgan fingerprint density at radius 1 is 1.19 bits per heavy atom. The summed E-state index contributed by atoms with van der Waals surface area (Å²) < 4.78 is 10.7. The standard InChI is InChI=1S/C22H25N5O3S/c1-14-19(31-21(25-14)15-7-8-17(29-2)18(12-15)30-3)20(28)26-16-6-4-11-27(13-16)22-23-9-5-10-24-22/h5,7-10,12,16H,4,6,11,13H2,1-3H3,(H,26,28). The molecule has 31 heavy (non-hydrogen) atoms. The first-order chi connectivity index (χ1) is 15.1. The van der Waals surface area contributed by atoms with E-state index in [4.69, 9.17) is 9.47 Å². The molecule has 0 spiro atoms. The molecule has 1 atom stereocenters. The highest BCUT2D eigenvalue weighted by atomic mass is 32.1. The van der Waals surface area contributed by atoms with E-state index in [9.17, 15) is 4.79 Å². The monoisotopic (exact) mass is 439 g/mol. The lowest BCUT2D eigenvalue weighted by molar-refractivity contribution is 0.0936. The molecule has 1 unspecified atom stereocenters. The molecule has 1 aliphatic rings. The van der Waals surface area contributed by atoms with E-state index in [1.165, 1.54) is 11.3 Å². The number of carbonyl (C=O) groups is 1. The van der Waals surface area contributed by atoms with Crippen LogP contribution in [0.2, 0.25) is 0 Å². The second kappa shape index (κ2) is 9.30. The third kappa shape index (κ3) is 4.61. The number of anilines is 1. The Morgan fingerprint density at radius 2 is 1.97 bits per heavy atom. The van der Waals surface area contributed by atoms with Crippen LogP contribution in [0.25, 0.3) is 10.6 Å². The molecule has 0 bridgehead atoms. The molecule has 0 saturated carbocycles. The van der Waals surface area contributed by atoms with Crippen molar-refractivity contribution < 1.29 is 14.3 Å². The van der Waals surface area contributed by atoms with Gasteiger partial charge in [-0.05, 0) is 44.0 Å². The van der Waals surface area contributed by atoms with E-state index < -0.39 is 0 Å². The number of ether oxygens (including phenoxy) is 2. The number of rotatable bonds is 6. The Labute approximate surface area is 185 Å². The van der Waals surface area contributed by atoms with Crippen molar-refractivity contribution >= 4 is 23.2 Å². The number of nitrogens with one attached hydrogen (secondary N) is 1. The number of nitrogens with zero attached hydrogens (tertiary/aromatic N) is 4. The van der Waals surface area contributed by atoms with Gasteiger partial charge < -0.3 is 19.7 Å². The number of aryl methyl sites for hydroxylation is 1. The van der Waals surface area contributed by atoms with E-state index in [2.05, 4.69) is 25.2 Å². The van der Waals surface area contributed by atoms with Gasteiger partial charge in [0.1, 0.15) is 9.88 Å². The second-order valence-corrected chi connectivity index (χ2v) is 8.31. The molecule has 2 aromatic heterocycles. The summed E-state index contributed by atoms with van der Waals surface area (Å²) in [5.41, 5.74) is 1.60. The van der Waals surface area contributed by atoms with Gasteiger partial charge in [0.2, 0.25) is 5.95 Å². The van der Waals surface area contributed by atoms with Gasteiger partial charge >= 0.3 is 0 Å². The molecular formula is C22H25N5O3S. The Hall–Kier alpha value is -3.20. The second-order valence-electron chi connectivity index (χ2n) is 7.31. The van der Waals surface area contributed by atoms with Crippen molar-refractivity contribution in [2.75, 3.05) is 32.2 Å². The minimum atomic E-state index is -0.0949. The highest BCUT2D eigenvalue weighted by Crippen LogP contribution is 2.35. The minimum Gasteiger partial charge on any atom is -0.493 e. The smallest absolute Gasteiger partial charge is 0.263 e. The lowest BCUT2D eigenvalue weighted by Crippen LogP contribution is -2.48. The van der Waals surface area contributed by atoms with E-state index in [1.807, 2.05) is 25.1 Å². The van der Waals surface area contributed by atoms with Crippen LogP contribution < -0.4 is 19.7 Å². The van der Waals surface area contributed by atoms with Gasteiger partial charge in [-0.3, -0.25) is 4.79 Å². The summed E-state index contributed by atoms with van der Waals surface area (Å²) in [5, 5.41) is 3.94. The fourth-order valence-electron chi connectivity index (χ4n) is 3.68. The van der Waals surface area contributed by atoms with E-state index in [1.54, 1.807) is 32.7 Å². The van der Waals surface area contributed by atoms with E-state index in [-0.39, 0.29) is 11.9 Å². The van der Waals surface area contributed by atoms with Crippen LogP contribution in [-0.4, -0.2) is 54.2 Å². The number of hydrogen-bond donors (Lipinski definition) is 1. The Balaban J connectivity index is 1.48. The van der Waals surface area contributed by atoms with Gasteiger partial charge in [-0.1, -0.05) is 0 Å². The molecule has 1 aliphatic heterocycles. The third-order valence-corrected chi connectivity index (χ3v) is 6.43. The van der Waals surface area contributed by atoms with Crippen molar-refractivity contribution in [2.24, 2.45) is 0 Å². The zero-order valence-electron chi connectivity index (χ0n) is 17.8. The first-order valence-corrected chi connectivity index (χ1v) is 10.9. The van der Waals surface area contributed by atoms with Crippen LogP contribution in [0.15, 0.2) is 36.7 Å². The molecule has 0 aliphatic carbocycles. The van der Waals surface area contributed by atoms with Crippen molar-refractivity contribution in [3.8, 4) is 22.1 Å². The zero-order valence-corrected chi connectivity index (χ0v) is 18.6. The first-order valence-electron chi connectivity index (χ1n) is 10.1. The summed E-state index contributed by atoms with van der Waals surface area (Å²) in [5.74, 6) is 1.89. The van der Waals surface area contributed by atoms with Crippen molar-refractivity contribution in [3.05, 3.63) is 47.2 Å². The van der Waals surface area contributed by atoms with Crippen molar-refractivity contribution in [2.45, 2.75) is 25.8 Å². The van der Waals surface area contributed by atoms with Gasteiger partial charge in [0.25, 0.3) is 5.91 Å². The van der Waals surface area contributed by atoms with Crippen LogP contribution in [0.1, 0.15) is 28.2 Å². The molecule has 8 nitrogen and oxygen atoms in total. The van der Waals surface area contributed by atoms with Crippen LogP contribution >= 0.6 is 11.3 Å². The lowest BCUT2D eigenvalue weighted by atomic mass is 10.1. The van der Waals surface area contributed by atoms with Crippen LogP contribution in [0.5, 0.6) is 11.5 Å². The summed E-state index contributed by atoms with van der Waals surface area (Å²) in [6.45, 7) is 3.44. The van der Waals surface area contributed by atoms with E-state index >= 15 is 0 Å². The van der Waals surface area contributed by atoms with Gasteiger partial charge in [0.05, 0.1) is 19.9 Å². The maximum Gasteiger partial charge on any atom is 0.263 e. The summed E-state index contributed by atoms with van der Waals surface area (Å²) in [4.78, 5) is 29.0. The Kier molecular flexibility index (Phi) is 6.31. The van der Waals surface area contributed by atoms with Crippen molar-refractivity contribution in [3.63, 3.8) is 0 Å². The average molecular weight is 440 g/mol. The molecule has 162 valence electrons. The topological polar surface area (TPSA) is 89.5 Å². The van der Waals surface area contributed by atoms with Crippen LogP contribution in [-0.2, 0) is 0 Å². The number of carbonyl (C=O) groups excluding carboxylic acids is 1. The van der Waals surface area contributed by atoms with Gasteiger partial charge in [0, 0.05) is 37.1 Å². The summed E-state index contributed by atoms with van der Waals surface area (Å²) in [6.07, 6.45) is 5.37. The first kappa shape index (κ1) is 21.0. The fourth-order valence-corrected chi connectivity index (χ4v) is 4.65. The predicted octanol–water partition coefficient (Wildman–Crippen LogP) is 3.32. The van der Waals surface area contributed by atoms with Gasteiger partial charge in [-0.2, -0.15) is 0 Å². The van der Waals surface area contributed by atoms with Crippen molar-refractivity contribution in [1.82, 2.24) is 20.3 Å². The molecular weight excluding hydrogens is 414 g/mol. The van der Waals surface area contributed by atoms with E-state index in [0.717, 1.165) is 30.0 Å². The predicted molar refractivity (Wildman–Crippen MR) is 120 cm³/mol. The maximum atomic E-state index is 13.0. The normalized spacial score (nSPS) is 16.1. The molecule has 1 N–H and O–H groups in total. The van der Waals surface area contributed by atoms with Crippen LogP contribution in [0.3, 0.4) is 0 Å². The van der Waals surface area contributed by atoms with Gasteiger partial charge in [-0.15, -0.1) is 11.3 Å². The number of piperidine rings is 1. The third-order valence-electron chi connectivity index (χ3n) is 5.22. The van der Waals surface area contributed by atoms with Crippen LogP contribution in [0.4, 0.5) is 5.95 Å². The molecule has 4 rings (SSSR count). The summed E-state index contributed by atoms with van der Waals surface area (Å²) >= 11 is 1.38. The molecule has 1 saturated heterocycles. The highest BCUT2D eigenvalue weighted by Gasteiger charge is 2.25. The largest absolute Gasteiger partial charge is 0.493 e. The molecule has 1 aromatic carbocycles. The summed E-state index contributed by atoms with van der Waals surface area (Å²) in [6, 6.07) is 7.47. The lowest BCUT2D eigenvalue weighted by Gasteiger charge is -2.33. The van der Waals surface area contributed by atoms with Gasteiger partial charge in [-0.25, -0.2) is 15.0 Å². The highest BCUT2D eigenvalue weighted by molar-refractivity contribution is 7.17. The number of hydrogen-bond acceptors (Lipinski definition) is 8. The average Bonchev–Trinajstić information content (AvgIpc) is 3.21. The van der Waals surface area contributed by atoms with E-state index in [0.29, 0.717) is 34.6 Å². The molecule has 3 heterocycles. The maximum absolute atomic E-state index is 13.0. The SMILES string of the molecule is COc1ccc(-c2nc(C)c(C(=O)NC3CCCN(c4ncccn4)C3)s2)cc1OC. The molecule has 3 aromatic rings. The fraction of sp³-hybridized carbons (Fsp3) is 0.364. The number of aromatic nitrogens is 3. The Bertz CT molecular complexity index is 1060. The van der Waals surface area contributed by atoms with Crippen LogP contribution in [0, 0.1) is 6.92 Å². The minimum absolute atomic E-state index is 0.0380. The quantitative estimate of drug-likeness (QED) is 0.630. The molecule has 0 radical (unpaired) electrons. The molecule has 1 amide bonds. The molecule has 1 fully saturated rings. The number of thiazole rings is 1. The number of methoxy groups -OCH3 is 2. The number of amides is 1. The number of benzene rings is 1. The van der Waals surface area contributed by atoms with Crippen molar-refractivity contribution in [1.29, 1.82) is 0 Å². The summed E-state index contributed by atoms with van der Waals surface area (Å²) in [7, 11) is 3.20. The van der Waals surface area contributed by atoms with Gasteiger partial charge in [0.15, 0.2) is 11.5 Å².